The molecule has 0 N–H and O–H groups in total. The molecule has 1 atom stereocenters. The molecule has 1 amide bonds. The Kier molecular flexibility index (Phi) is 8.05. The van der Waals surface area contributed by atoms with Crippen LogP contribution in [-0.2, 0) is 17.6 Å². The highest BCUT2D eigenvalue weighted by Gasteiger charge is 2.22. The summed E-state index contributed by atoms with van der Waals surface area (Å²) in [6.45, 7) is 4.09. The van der Waals surface area contributed by atoms with Crippen molar-refractivity contribution >= 4 is 5.91 Å². The predicted octanol–water partition coefficient (Wildman–Crippen LogP) is 3.44. The van der Waals surface area contributed by atoms with Gasteiger partial charge in [0.05, 0.1) is 7.11 Å². The molecule has 156 valence electrons. The Labute approximate surface area is 174 Å². The lowest BCUT2D eigenvalue weighted by Gasteiger charge is -2.35. The second kappa shape index (κ2) is 11.0. The molecular formula is C24H33N3O2. The van der Waals surface area contributed by atoms with E-state index in [0.717, 1.165) is 50.3 Å². The van der Waals surface area contributed by atoms with Crippen LogP contribution in [0.3, 0.4) is 0 Å². The first-order valence-electron chi connectivity index (χ1n) is 10.6. The van der Waals surface area contributed by atoms with Crippen LogP contribution in [0.15, 0.2) is 48.8 Å². The van der Waals surface area contributed by atoms with Crippen LogP contribution in [0.25, 0.3) is 0 Å². The monoisotopic (exact) mass is 395 g/mol. The summed E-state index contributed by atoms with van der Waals surface area (Å²) >= 11 is 0. The van der Waals surface area contributed by atoms with Gasteiger partial charge in [0.2, 0.25) is 5.91 Å². The molecule has 1 saturated heterocycles. The number of aromatic nitrogens is 1. The van der Waals surface area contributed by atoms with Crippen LogP contribution in [0, 0.1) is 5.92 Å². The van der Waals surface area contributed by atoms with Gasteiger partial charge in [-0.25, -0.2) is 0 Å². The number of likely N-dealkylation sites (tertiary alicyclic amines) is 1. The molecule has 5 nitrogen and oxygen atoms in total. The van der Waals surface area contributed by atoms with Gasteiger partial charge >= 0.3 is 0 Å². The fourth-order valence-electron chi connectivity index (χ4n) is 4.17. The van der Waals surface area contributed by atoms with E-state index in [0.29, 0.717) is 12.3 Å². The van der Waals surface area contributed by atoms with Crippen molar-refractivity contribution in [3.63, 3.8) is 0 Å². The number of nitrogens with zero attached hydrogens (tertiary/aromatic N) is 3. The van der Waals surface area contributed by atoms with Crippen molar-refractivity contribution < 1.29 is 9.53 Å². The predicted molar refractivity (Wildman–Crippen MR) is 116 cm³/mol. The van der Waals surface area contributed by atoms with Crippen molar-refractivity contribution in [3.05, 3.63) is 59.9 Å². The van der Waals surface area contributed by atoms with Gasteiger partial charge in [-0.15, -0.1) is 0 Å². The maximum Gasteiger partial charge on any atom is 0.222 e. The molecule has 1 fully saturated rings. The SMILES string of the molecule is COc1ccccc1CCN1CCC[C@H](CN(C)C(=O)CCc2cccnc2)C1. The molecule has 1 aromatic heterocycles. The highest BCUT2D eigenvalue weighted by Crippen LogP contribution is 2.21. The first kappa shape index (κ1) is 21.3. The number of pyridine rings is 1. The number of aryl methyl sites for hydroxylation is 1. The Morgan fingerprint density at radius 1 is 1.24 bits per heavy atom. The Bertz CT molecular complexity index is 766. The summed E-state index contributed by atoms with van der Waals surface area (Å²) in [4.78, 5) is 21.1. The zero-order valence-corrected chi connectivity index (χ0v) is 17.7. The second-order valence-corrected chi connectivity index (χ2v) is 8.01. The van der Waals surface area contributed by atoms with Crippen molar-refractivity contribution in [2.24, 2.45) is 5.92 Å². The van der Waals surface area contributed by atoms with E-state index in [2.05, 4.69) is 22.0 Å². The van der Waals surface area contributed by atoms with Gasteiger partial charge in [0.15, 0.2) is 0 Å². The van der Waals surface area contributed by atoms with Crippen molar-refractivity contribution in [1.82, 2.24) is 14.8 Å². The summed E-state index contributed by atoms with van der Waals surface area (Å²) in [6.07, 6.45) is 8.31. The van der Waals surface area contributed by atoms with E-state index >= 15 is 0 Å². The fraction of sp³-hybridized carbons (Fsp3) is 0.500. The van der Waals surface area contributed by atoms with Crippen LogP contribution in [-0.4, -0.2) is 61.0 Å². The fourth-order valence-corrected chi connectivity index (χ4v) is 4.17. The Hall–Kier alpha value is -2.40. The highest BCUT2D eigenvalue weighted by molar-refractivity contribution is 5.76. The van der Waals surface area contributed by atoms with E-state index in [-0.39, 0.29) is 5.91 Å². The molecule has 0 radical (unpaired) electrons. The molecule has 0 unspecified atom stereocenters. The molecule has 1 aliphatic heterocycles. The minimum Gasteiger partial charge on any atom is -0.496 e. The molecule has 0 spiro atoms. The molecule has 1 aliphatic rings. The van der Waals surface area contributed by atoms with Gasteiger partial charge in [0.1, 0.15) is 5.75 Å². The number of carbonyl (C=O) groups is 1. The number of para-hydroxylation sites is 1. The third-order valence-electron chi connectivity index (χ3n) is 5.80. The van der Waals surface area contributed by atoms with Crippen LogP contribution < -0.4 is 4.74 Å². The number of methoxy groups -OCH3 is 1. The second-order valence-electron chi connectivity index (χ2n) is 8.01. The summed E-state index contributed by atoms with van der Waals surface area (Å²) in [7, 11) is 3.68. The normalized spacial score (nSPS) is 17.1. The molecule has 0 saturated carbocycles. The standard InChI is InChI=1S/C24H33N3O2/c1-26(24(28)12-11-20-7-5-14-25-17-20)18-21-8-6-15-27(19-21)16-13-22-9-3-4-10-23(22)29-2/h3-5,7,9-10,14,17,21H,6,8,11-13,15-16,18-19H2,1-2H3/t21-/m1/s1. The number of piperidine rings is 1. The summed E-state index contributed by atoms with van der Waals surface area (Å²) in [6, 6.07) is 12.2. The highest BCUT2D eigenvalue weighted by atomic mass is 16.5. The molecule has 0 aliphatic carbocycles. The van der Waals surface area contributed by atoms with Crippen LogP contribution in [0.5, 0.6) is 5.75 Å². The largest absolute Gasteiger partial charge is 0.496 e. The quantitative estimate of drug-likeness (QED) is 0.653. The van der Waals surface area contributed by atoms with Gasteiger partial charge in [0, 0.05) is 45.5 Å². The zero-order chi connectivity index (χ0) is 20.5. The third-order valence-corrected chi connectivity index (χ3v) is 5.80. The van der Waals surface area contributed by atoms with Crippen molar-refractivity contribution in [2.75, 3.05) is 40.3 Å². The number of hydrogen-bond donors (Lipinski definition) is 0. The minimum absolute atomic E-state index is 0.222. The molecular weight excluding hydrogens is 362 g/mol. The van der Waals surface area contributed by atoms with Gasteiger partial charge in [-0.2, -0.15) is 0 Å². The Morgan fingerprint density at radius 2 is 2.10 bits per heavy atom. The van der Waals surface area contributed by atoms with Gasteiger partial charge < -0.3 is 14.5 Å². The topological polar surface area (TPSA) is 45.7 Å². The molecule has 2 heterocycles. The lowest BCUT2D eigenvalue weighted by atomic mass is 9.96. The van der Waals surface area contributed by atoms with Crippen molar-refractivity contribution in [2.45, 2.75) is 32.1 Å². The van der Waals surface area contributed by atoms with Crippen LogP contribution in [0.1, 0.15) is 30.4 Å². The Balaban J connectivity index is 1.43. The lowest BCUT2D eigenvalue weighted by molar-refractivity contribution is -0.130. The summed E-state index contributed by atoms with van der Waals surface area (Å²) in [5.41, 5.74) is 2.38. The Morgan fingerprint density at radius 3 is 2.90 bits per heavy atom. The molecule has 5 heteroatoms. The number of ether oxygens (including phenoxy) is 1. The number of benzene rings is 1. The average Bonchev–Trinajstić information content (AvgIpc) is 2.77. The van der Waals surface area contributed by atoms with Crippen LogP contribution >= 0.6 is 0 Å². The number of carbonyl (C=O) groups excluding carboxylic acids is 1. The number of rotatable bonds is 9. The molecule has 1 aromatic carbocycles. The lowest BCUT2D eigenvalue weighted by Crippen LogP contribution is -2.42. The van der Waals surface area contributed by atoms with Gasteiger partial charge in [-0.1, -0.05) is 24.3 Å². The molecule has 2 aromatic rings. The molecule has 29 heavy (non-hydrogen) atoms. The van der Waals surface area contributed by atoms with Crippen molar-refractivity contribution in [1.29, 1.82) is 0 Å². The van der Waals surface area contributed by atoms with Gasteiger partial charge in [0.25, 0.3) is 0 Å². The van der Waals surface area contributed by atoms with E-state index in [1.165, 1.54) is 18.4 Å². The number of hydrogen-bond acceptors (Lipinski definition) is 4. The van der Waals surface area contributed by atoms with E-state index in [1.54, 1.807) is 13.3 Å². The van der Waals surface area contributed by atoms with Crippen molar-refractivity contribution in [3.8, 4) is 5.75 Å². The first-order valence-corrected chi connectivity index (χ1v) is 10.6. The molecule has 0 bridgehead atoms. The average molecular weight is 396 g/mol. The van der Waals surface area contributed by atoms with Crippen LogP contribution in [0.2, 0.25) is 0 Å². The summed E-state index contributed by atoms with van der Waals surface area (Å²) in [5, 5.41) is 0. The third kappa shape index (κ3) is 6.57. The van der Waals surface area contributed by atoms with Crippen LogP contribution in [0.4, 0.5) is 0 Å². The minimum atomic E-state index is 0.222. The maximum atomic E-state index is 12.5. The van der Waals surface area contributed by atoms with E-state index in [1.807, 2.05) is 42.4 Å². The van der Waals surface area contributed by atoms with Gasteiger partial charge in [-0.05, 0) is 61.4 Å². The maximum absolute atomic E-state index is 12.5. The number of amides is 1. The zero-order valence-electron chi connectivity index (χ0n) is 17.7. The summed E-state index contributed by atoms with van der Waals surface area (Å²) in [5.74, 6) is 1.74. The summed E-state index contributed by atoms with van der Waals surface area (Å²) < 4.78 is 5.47. The van der Waals surface area contributed by atoms with E-state index in [9.17, 15) is 4.79 Å². The first-order chi connectivity index (χ1) is 14.2. The van der Waals surface area contributed by atoms with E-state index in [4.69, 9.17) is 4.74 Å². The molecule has 3 rings (SSSR count). The van der Waals surface area contributed by atoms with Gasteiger partial charge in [-0.3, -0.25) is 9.78 Å². The smallest absolute Gasteiger partial charge is 0.222 e. The van der Waals surface area contributed by atoms with E-state index < -0.39 is 0 Å².